The summed E-state index contributed by atoms with van der Waals surface area (Å²) in [6, 6.07) is 8.49. The third kappa shape index (κ3) is 9.37. The molecule has 0 radical (unpaired) electrons. The van der Waals surface area contributed by atoms with Crippen LogP contribution in [-0.4, -0.2) is 74.2 Å². The van der Waals surface area contributed by atoms with Gasteiger partial charge in [0.1, 0.15) is 5.75 Å². The number of ether oxygens (including phenoxy) is 3. The number of hydrogen-bond acceptors (Lipinski definition) is 10. The van der Waals surface area contributed by atoms with Crippen LogP contribution in [0.15, 0.2) is 24.3 Å². The molecule has 0 spiro atoms. The van der Waals surface area contributed by atoms with Gasteiger partial charge in [-0.25, -0.2) is 0 Å². The highest BCUT2D eigenvalue weighted by Gasteiger charge is 2.17. The molecule has 1 fully saturated rings. The number of aromatic nitrogens is 3. The van der Waals surface area contributed by atoms with Crippen molar-refractivity contribution < 1.29 is 14.2 Å². The minimum Gasteiger partial charge on any atom is -0.497 e. The van der Waals surface area contributed by atoms with Crippen LogP contribution < -0.4 is 26.4 Å². The molecule has 1 aliphatic rings. The van der Waals surface area contributed by atoms with Gasteiger partial charge in [0.25, 0.3) is 0 Å². The normalized spacial score (nSPS) is 13.8. The lowest BCUT2D eigenvalue weighted by molar-refractivity contribution is 0.0547. The van der Waals surface area contributed by atoms with Gasteiger partial charge < -0.3 is 35.9 Å². The zero-order valence-electron chi connectivity index (χ0n) is 19.5. The largest absolute Gasteiger partial charge is 0.497 e. The molecule has 0 unspecified atom stereocenters. The fourth-order valence-electron chi connectivity index (χ4n) is 3.60. The summed E-state index contributed by atoms with van der Waals surface area (Å²) in [4.78, 5) is 13.7. The maximum absolute atomic E-state index is 5.56. The van der Waals surface area contributed by atoms with Crippen molar-refractivity contribution in [2.45, 2.75) is 38.1 Å². The molecule has 10 nitrogen and oxygen atoms in total. The number of nitrogens with one attached hydrogen (secondary N) is 3. The zero-order chi connectivity index (χ0) is 23.1. The molecule has 1 aromatic heterocycles. The van der Waals surface area contributed by atoms with Gasteiger partial charge in [-0.1, -0.05) is 25.0 Å². The highest BCUT2D eigenvalue weighted by Crippen LogP contribution is 2.21. The van der Waals surface area contributed by atoms with Crippen LogP contribution in [0.1, 0.15) is 31.2 Å². The van der Waals surface area contributed by atoms with E-state index in [0.29, 0.717) is 69.9 Å². The fraction of sp³-hybridized carbons (Fsp3) is 0.609. The summed E-state index contributed by atoms with van der Waals surface area (Å²) >= 11 is 0. The Hall–Kier alpha value is -2.69. The van der Waals surface area contributed by atoms with Crippen molar-refractivity contribution in [3.63, 3.8) is 0 Å². The number of hydrogen-bond donors (Lipinski definition) is 4. The number of nitrogens with zero attached hydrogens (tertiary/aromatic N) is 3. The smallest absolute Gasteiger partial charge is 0.229 e. The third-order valence-corrected chi connectivity index (χ3v) is 5.34. The summed E-state index contributed by atoms with van der Waals surface area (Å²) < 4.78 is 16.1. The zero-order valence-corrected chi connectivity index (χ0v) is 19.5. The van der Waals surface area contributed by atoms with Crippen molar-refractivity contribution in [2.75, 3.05) is 69.1 Å². The highest BCUT2D eigenvalue weighted by atomic mass is 16.5. The van der Waals surface area contributed by atoms with Gasteiger partial charge in [0.2, 0.25) is 17.8 Å². The molecule has 2 aromatic rings. The summed E-state index contributed by atoms with van der Waals surface area (Å²) in [5, 5.41) is 10.0. The van der Waals surface area contributed by atoms with Crippen LogP contribution >= 0.6 is 0 Å². The molecule has 0 saturated heterocycles. The van der Waals surface area contributed by atoms with Gasteiger partial charge in [-0.15, -0.1) is 0 Å². The van der Waals surface area contributed by atoms with Crippen molar-refractivity contribution >= 4 is 17.8 Å². The number of nitrogens with two attached hydrogens (primary N) is 1. The molecule has 1 saturated carbocycles. The van der Waals surface area contributed by atoms with E-state index in [0.717, 1.165) is 25.0 Å². The standard InChI is InChI=1S/C23H37N7O3/c1-31-20-8-6-18(7-9-20)10-12-25-21-28-22(26-13-15-33-17-16-32-14-11-24)30-23(29-21)27-19-4-2-3-5-19/h6-9,19H,2-5,10-17,24H2,1H3,(H3,25,26,27,28,29,30). The molecule has 0 atom stereocenters. The summed E-state index contributed by atoms with van der Waals surface area (Å²) in [6.07, 6.45) is 5.63. The highest BCUT2D eigenvalue weighted by molar-refractivity contribution is 5.43. The second kappa shape index (κ2) is 14.5. The monoisotopic (exact) mass is 459 g/mol. The fourth-order valence-corrected chi connectivity index (χ4v) is 3.60. The van der Waals surface area contributed by atoms with Crippen molar-refractivity contribution in [3.8, 4) is 5.75 Å². The number of methoxy groups -OCH3 is 1. The molecule has 0 amide bonds. The van der Waals surface area contributed by atoms with E-state index in [4.69, 9.17) is 19.9 Å². The first-order valence-electron chi connectivity index (χ1n) is 11.8. The summed E-state index contributed by atoms with van der Waals surface area (Å²) in [5.41, 5.74) is 6.61. The summed E-state index contributed by atoms with van der Waals surface area (Å²) in [5.74, 6) is 2.54. The molecule has 33 heavy (non-hydrogen) atoms. The molecule has 1 aromatic carbocycles. The Kier molecular flexibility index (Phi) is 10.9. The van der Waals surface area contributed by atoms with Gasteiger partial charge in [0.15, 0.2) is 0 Å². The molecule has 3 rings (SSSR count). The Balaban J connectivity index is 1.50. The average Bonchev–Trinajstić information content (AvgIpc) is 3.34. The van der Waals surface area contributed by atoms with Crippen LogP contribution in [-0.2, 0) is 15.9 Å². The van der Waals surface area contributed by atoms with Crippen molar-refractivity contribution in [1.29, 1.82) is 0 Å². The van der Waals surface area contributed by atoms with Crippen molar-refractivity contribution in [1.82, 2.24) is 15.0 Å². The van der Waals surface area contributed by atoms with Gasteiger partial charge in [-0.2, -0.15) is 15.0 Å². The molecular formula is C23H37N7O3. The van der Waals surface area contributed by atoms with E-state index in [1.165, 1.54) is 18.4 Å². The van der Waals surface area contributed by atoms with E-state index in [9.17, 15) is 0 Å². The quantitative estimate of drug-likeness (QED) is 0.278. The predicted octanol–water partition coefficient (Wildman–Crippen LogP) is 2.29. The topological polar surface area (TPSA) is 128 Å². The molecule has 0 bridgehead atoms. The van der Waals surface area contributed by atoms with Crippen LogP contribution in [0.4, 0.5) is 17.8 Å². The van der Waals surface area contributed by atoms with Crippen LogP contribution in [0.2, 0.25) is 0 Å². The van der Waals surface area contributed by atoms with Gasteiger partial charge in [0.05, 0.1) is 33.5 Å². The second-order valence-electron chi connectivity index (χ2n) is 7.90. The lowest BCUT2D eigenvalue weighted by Gasteiger charge is -2.14. The van der Waals surface area contributed by atoms with E-state index in [-0.39, 0.29) is 0 Å². The van der Waals surface area contributed by atoms with Gasteiger partial charge in [0, 0.05) is 25.7 Å². The van der Waals surface area contributed by atoms with Gasteiger partial charge >= 0.3 is 0 Å². The molecule has 10 heteroatoms. The van der Waals surface area contributed by atoms with Crippen LogP contribution in [0.3, 0.4) is 0 Å². The Morgan fingerprint density at radius 1 is 0.848 bits per heavy atom. The third-order valence-electron chi connectivity index (χ3n) is 5.34. The van der Waals surface area contributed by atoms with E-state index < -0.39 is 0 Å². The first-order valence-corrected chi connectivity index (χ1v) is 11.8. The number of benzene rings is 1. The Morgan fingerprint density at radius 3 is 2.15 bits per heavy atom. The Morgan fingerprint density at radius 2 is 1.48 bits per heavy atom. The van der Waals surface area contributed by atoms with E-state index in [1.807, 2.05) is 12.1 Å². The number of anilines is 3. The SMILES string of the molecule is COc1ccc(CCNc2nc(NCCOCCOCCN)nc(NC3CCCC3)n2)cc1. The Bertz CT molecular complexity index is 801. The van der Waals surface area contributed by atoms with Crippen LogP contribution in [0.5, 0.6) is 5.75 Å². The molecule has 1 aliphatic carbocycles. The van der Waals surface area contributed by atoms with E-state index >= 15 is 0 Å². The van der Waals surface area contributed by atoms with E-state index in [1.54, 1.807) is 7.11 Å². The van der Waals surface area contributed by atoms with Crippen LogP contribution in [0, 0.1) is 0 Å². The summed E-state index contributed by atoms with van der Waals surface area (Å²) in [7, 11) is 1.67. The summed E-state index contributed by atoms with van der Waals surface area (Å²) in [6.45, 7) is 3.99. The Labute approximate surface area is 196 Å². The average molecular weight is 460 g/mol. The minimum absolute atomic E-state index is 0.421. The predicted molar refractivity (Wildman–Crippen MR) is 130 cm³/mol. The molecule has 0 aliphatic heterocycles. The van der Waals surface area contributed by atoms with Crippen molar-refractivity contribution in [3.05, 3.63) is 29.8 Å². The maximum atomic E-state index is 5.56. The first-order chi connectivity index (χ1) is 16.3. The maximum Gasteiger partial charge on any atom is 0.229 e. The lowest BCUT2D eigenvalue weighted by Crippen LogP contribution is -2.20. The second-order valence-corrected chi connectivity index (χ2v) is 7.90. The first kappa shape index (κ1) is 24.9. The molecule has 1 heterocycles. The molecule has 182 valence electrons. The van der Waals surface area contributed by atoms with Crippen molar-refractivity contribution in [2.24, 2.45) is 5.73 Å². The molecular weight excluding hydrogens is 422 g/mol. The van der Waals surface area contributed by atoms with Gasteiger partial charge in [-0.05, 0) is 37.0 Å². The van der Waals surface area contributed by atoms with Crippen LogP contribution in [0.25, 0.3) is 0 Å². The minimum atomic E-state index is 0.421. The number of rotatable bonds is 16. The molecule has 5 N–H and O–H groups in total. The van der Waals surface area contributed by atoms with E-state index in [2.05, 4.69) is 43.0 Å². The lowest BCUT2D eigenvalue weighted by atomic mass is 10.1. The van der Waals surface area contributed by atoms with Gasteiger partial charge in [-0.3, -0.25) is 0 Å².